The molecule has 0 N–H and O–H groups in total. The number of aryl methyl sites for hydroxylation is 1. The molecule has 4 rings (SSSR count). The summed E-state index contributed by atoms with van der Waals surface area (Å²) in [6.45, 7) is 4.85. The summed E-state index contributed by atoms with van der Waals surface area (Å²) in [6, 6.07) is 21.4. The third kappa shape index (κ3) is 5.37. The van der Waals surface area contributed by atoms with E-state index < -0.39 is 5.97 Å². The molecule has 3 aromatic rings. The number of ether oxygens (including phenoxy) is 3. The molecule has 0 fully saturated rings. The Labute approximate surface area is 200 Å². The lowest BCUT2D eigenvalue weighted by molar-refractivity contribution is -0.129. The topological polar surface area (TPSA) is 57.1 Å². The Morgan fingerprint density at radius 1 is 0.969 bits per heavy atom. The second kappa shape index (κ2) is 9.99. The van der Waals surface area contributed by atoms with Crippen LogP contribution in [0.15, 0.2) is 77.4 Å². The molecule has 3 aromatic carbocycles. The molecule has 5 nitrogen and oxygen atoms in total. The van der Waals surface area contributed by atoms with Gasteiger partial charge in [0.1, 0.15) is 6.61 Å². The van der Waals surface area contributed by atoms with Crippen LogP contribution < -0.4 is 9.47 Å². The molecule has 0 spiro atoms. The van der Waals surface area contributed by atoms with Gasteiger partial charge in [-0.25, -0.2) is 9.79 Å². The molecule has 0 unspecified atom stereocenters. The molecule has 32 heavy (non-hydrogen) atoms. The number of carbonyl (C=O) groups excluding carboxylic acids is 1. The Morgan fingerprint density at radius 2 is 1.72 bits per heavy atom. The number of hydrogen-bond donors (Lipinski definition) is 0. The Hall–Kier alpha value is -3.13. The highest BCUT2D eigenvalue weighted by atomic mass is 127. The SMILES string of the molecule is CCOc1cc(/C=C2\N=C(c3ccc(C)cc3)OC2=O)ccc1OCc1ccc(I)cc1. The Bertz CT molecular complexity index is 1180. The van der Waals surface area contributed by atoms with E-state index in [0.29, 0.717) is 30.6 Å². The van der Waals surface area contributed by atoms with Crippen molar-refractivity contribution in [1.29, 1.82) is 0 Å². The average Bonchev–Trinajstić information content (AvgIpc) is 3.15. The molecule has 0 aliphatic carbocycles. The van der Waals surface area contributed by atoms with Crippen LogP contribution in [0.3, 0.4) is 0 Å². The number of halogens is 1. The molecule has 0 amide bonds. The van der Waals surface area contributed by atoms with Crippen LogP contribution >= 0.6 is 22.6 Å². The Kier molecular flexibility index (Phi) is 6.90. The van der Waals surface area contributed by atoms with E-state index in [2.05, 4.69) is 27.6 Å². The molecule has 6 heteroatoms. The van der Waals surface area contributed by atoms with Crippen molar-refractivity contribution >= 4 is 40.5 Å². The molecule has 1 heterocycles. The fourth-order valence-corrected chi connectivity index (χ4v) is 3.49. The molecule has 0 aromatic heterocycles. The zero-order valence-electron chi connectivity index (χ0n) is 17.8. The lowest BCUT2D eigenvalue weighted by Crippen LogP contribution is -2.05. The van der Waals surface area contributed by atoms with Crippen molar-refractivity contribution in [3.8, 4) is 11.5 Å². The molecular formula is C26H22INO4. The van der Waals surface area contributed by atoms with Gasteiger partial charge in [0, 0.05) is 9.13 Å². The number of nitrogens with zero attached hydrogens (tertiary/aromatic N) is 1. The summed E-state index contributed by atoms with van der Waals surface area (Å²) in [6.07, 6.45) is 1.69. The largest absolute Gasteiger partial charge is 0.490 e. The van der Waals surface area contributed by atoms with Gasteiger partial charge in [-0.2, -0.15) is 0 Å². The van der Waals surface area contributed by atoms with Gasteiger partial charge < -0.3 is 14.2 Å². The summed E-state index contributed by atoms with van der Waals surface area (Å²) in [7, 11) is 0. The molecule has 0 radical (unpaired) electrons. The lowest BCUT2D eigenvalue weighted by Gasteiger charge is -2.13. The van der Waals surface area contributed by atoms with Gasteiger partial charge in [0.15, 0.2) is 17.2 Å². The smallest absolute Gasteiger partial charge is 0.363 e. The van der Waals surface area contributed by atoms with Gasteiger partial charge in [0.2, 0.25) is 5.90 Å². The first-order valence-electron chi connectivity index (χ1n) is 10.3. The zero-order chi connectivity index (χ0) is 22.5. The first kappa shape index (κ1) is 22.1. The highest BCUT2D eigenvalue weighted by molar-refractivity contribution is 14.1. The number of esters is 1. The minimum Gasteiger partial charge on any atom is -0.490 e. The zero-order valence-corrected chi connectivity index (χ0v) is 20.0. The van der Waals surface area contributed by atoms with Crippen LogP contribution in [0.4, 0.5) is 0 Å². The van der Waals surface area contributed by atoms with E-state index in [9.17, 15) is 4.79 Å². The van der Waals surface area contributed by atoms with Crippen LogP contribution in [0, 0.1) is 10.5 Å². The predicted octanol–water partition coefficient (Wildman–Crippen LogP) is 5.92. The van der Waals surface area contributed by atoms with Crippen LogP contribution in [0.5, 0.6) is 11.5 Å². The number of aliphatic imine (C=N–C) groups is 1. The van der Waals surface area contributed by atoms with Crippen LogP contribution in [-0.4, -0.2) is 18.5 Å². The van der Waals surface area contributed by atoms with Gasteiger partial charge in [-0.15, -0.1) is 0 Å². The third-order valence-electron chi connectivity index (χ3n) is 4.80. The van der Waals surface area contributed by atoms with Gasteiger partial charge in [-0.05, 0) is 90.0 Å². The molecule has 162 valence electrons. The standard InChI is InChI=1S/C26H22INO4/c1-3-30-24-15-19(8-13-23(24)31-16-18-6-11-21(27)12-7-18)14-22-26(29)32-25(28-22)20-9-4-17(2)5-10-20/h4-15H,3,16H2,1-2H3/b22-14-. The van der Waals surface area contributed by atoms with Crippen molar-refractivity contribution in [2.45, 2.75) is 20.5 Å². The van der Waals surface area contributed by atoms with Crippen molar-refractivity contribution in [1.82, 2.24) is 0 Å². The number of rotatable bonds is 7. The molecular weight excluding hydrogens is 517 g/mol. The van der Waals surface area contributed by atoms with E-state index in [1.54, 1.807) is 6.08 Å². The molecule has 0 atom stereocenters. The minimum atomic E-state index is -0.474. The lowest BCUT2D eigenvalue weighted by atomic mass is 10.1. The molecule has 1 aliphatic heterocycles. The number of cyclic esters (lactones) is 1. The van der Waals surface area contributed by atoms with E-state index >= 15 is 0 Å². The van der Waals surface area contributed by atoms with E-state index in [-0.39, 0.29) is 5.70 Å². The second-order valence-corrected chi connectivity index (χ2v) is 8.50. The van der Waals surface area contributed by atoms with E-state index in [1.165, 1.54) is 3.57 Å². The third-order valence-corrected chi connectivity index (χ3v) is 5.52. The van der Waals surface area contributed by atoms with E-state index in [4.69, 9.17) is 14.2 Å². The Morgan fingerprint density at radius 3 is 2.44 bits per heavy atom. The summed E-state index contributed by atoms with van der Waals surface area (Å²) in [4.78, 5) is 16.7. The first-order valence-corrected chi connectivity index (χ1v) is 11.3. The van der Waals surface area contributed by atoms with Crippen LogP contribution in [0.2, 0.25) is 0 Å². The number of carbonyl (C=O) groups is 1. The molecule has 0 bridgehead atoms. The van der Waals surface area contributed by atoms with Gasteiger partial charge in [0.25, 0.3) is 0 Å². The summed E-state index contributed by atoms with van der Waals surface area (Å²) in [5, 5.41) is 0. The molecule has 1 aliphatic rings. The van der Waals surface area contributed by atoms with Crippen LogP contribution in [0.1, 0.15) is 29.2 Å². The fraction of sp³-hybridized carbons (Fsp3) is 0.154. The summed E-state index contributed by atoms with van der Waals surface area (Å²) >= 11 is 2.28. The first-order chi connectivity index (χ1) is 15.5. The summed E-state index contributed by atoms with van der Waals surface area (Å²) < 4.78 is 18.3. The van der Waals surface area contributed by atoms with Crippen molar-refractivity contribution in [2.75, 3.05) is 6.61 Å². The van der Waals surface area contributed by atoms with Gasteiger partial charge >= 0.3 is 5.97 Å². The number of benzene rings is 3. The van der Waals surface area contributed by atoms with Crippen molar-refractivity contribution in [2.24, 2.45) is 4.99 Å². The maximum atomic E-state index is 12.3. The number of hydrogen-bond acceptors (Lipinski definition) is 5. The van der Waals surface area contributed by atoms with Crippen molar-refractivity contribution < 1.29 is 19.0 Å². The average molecular weight is 539 g/mol. The normalized spacial score (nSPS) is 14.3. The van der Waals surface area contributed by atoms with E-state index in [1.807, 2.05) is 80.6 Å². The monoisotopic (exact) mass is 539 g/mol. The van der Waals surface area contributed by atoms with Crippen LogP contribution in [0.25, 0.3) is 6.08 Å². The highest BCUT2D eigenvalue weighted by Gasteiger charge is 2.24. The van der Waals surface area contributed by atoms with E-state index in [0.717, 1.165) is 22.3 Å². The highest BCUT2D eigenvalue weighted by Crippen LogP contribution is 2.31. The minimum absolute atomic E-state index is 0.246. The maximum absolute atomic E-state index is 12.3. The fourth-order valence-electron chi connectivity index (χ4n) is 3.13. The van der Waals surface area contributed by atoms with Gasteiger partial charge in [0.05, 0.1) is 6.61 Å². The summed E-state index contributed by atoms with van der Waals surface area (Å²) in [5.41, 5.74) is 3.99. The summed E-state index contributed by atoms with van der Waals surface area (Å²) in [5.74, 6) is 1.09. The van der Waals surface area contributed by atoms with Gasteiger partial charge in [-0.3, -0.25) is 0 Å². The predicted molar refractivity (Wildman–Crippen MR) is 133 cm³/mol. The molecule has 0 saturated heterocycles. The van der Waals surface area contributed by atoms with Crippen LogP contribution in [-0.2, 0) is 16.1 Å². The maximum Gasteiger partial charge on any atom is 0.363 e. The van der Waals surface area contributed by atoms with Crippen molar-refractivity contribution in [3.05, 3.63) is 98.3 Å². The molecule has 0 saturated carbocycles. The van der Waals surface area contributed by atoms with Crippen molar-refractivity contribution in [3.63, 3.8) is 0 Å². The van der Waals surface area contributed by atoms with Gasteiger partial charge in [-0.1, -0.05) is 35.9 Å². The second-order valence-electron chi connectivity index (χ2n) is 7.26. The quantitative estimate of drug-likeness (QED) is 0.213. The Balaban J connectivity index is 1.54.